The summed E-state index contributed by atoms with van der Waals surface area (Å²) in [6, 6.07) is 0. The summed E-state index contributed by atoms with van der Waals surface area (Å²) in [6.07, 6.45) is -0.979. The van der Waals surface area contributed by atoms with E-state index in [2.05, 4.69) is 4.74 Å². The van der Waals surface area contributed by atoms with Crippen LogP contribution >= 0.6 is 0 Å². The van der Waals surface area contributed by atoms with Crippen molar-refractivity contribution in [1.82, 2.24) is 8.61 Å². The maximum atomic E-state index is 11.6. The van der Waals surface area contributed by atoms with Gasteiger partial charge in [0.15, 0.2) is 0 Å². The van der Waals surface area contributed by atoms with Crippen molar-refractivity contribution < 1.29 is 27.9 Å². The number of cyclic esters (lactones) is 1. The van der Waals surface area contributed by atoms with Crippen molar-refractivity contribution in [3.63, 3.8) is 0 Å². The minimum atomic E-state index is -4.07. The topological polar surface area (TPSA) is 104 Å². The van der Waals surface area contributed by atoms with Crippen LogP contribution in [0.1, 0.15) is 0 Å². The van der Waals surface area contributed by atoms with E-state index in [1.807, 2.05) is 0 Å². The van der Waals surface area contributed by atoms with Gasteiger partial charge in [-0.3, -0.25) is 4.79 Å². The monoisotopic (exact) mass is 238 g/mol. The summed E-state index contributed by atoms with van der Waals surface area (Å²) in [5.74, 6) is -1.30. The predicted molar refractivity (Wildman–Crippen MR) is 47.2 cm³/mol. The molecule has 0 atom stereocenters. The Morgan fingerprint density at radius 3 is 2.67 bits per heavy atom. The molecule has 0 radical (unpaired) electrons. The number of nitrogens with zero attached hydrogens (tertiary/aromatic N) is 2. The van der Waals surface area contributed by atoms with Gasteiger partial charge in [-0.25, -0.2) is 4.79 Å². The lowest BCUT2D eigenvalue weighted by Crippen LogP contribution is -2.44. The summed E-state index contributed by atoms with van der Waals surface area (Å²) >= 11 is 0. The fraction of sp³-hybridized carbons (Fsp3) is 0.667. The first-order valence-corrected chi connectivity index (χ1v) is 5.38. The molecule has 1 amide bonds. The van der Waals surface area contributed by atoms with E-state index in [0.29, 0.717) is 8.61 Å². The van der Waals surface area contributed by atoms with E-state index in [1.165, 1.54) is 0 Å². The zero-order valence-electron chi connectivity index (χ0n) is 7.91. The van der Waals surface area contributed by atoms with Crippen LogP contribution in [0.25, 0.3) is 0 Å². The summed E-state index contributed by atoms with van der Waals surface area (Å²) in [5.41, 5.74) is 0. The summed E-state index contributed by atoms with van der Waals surface area (Å²) in [7, 11) is -2.99. The highest BCUT2D eigenvalue weighted by atomic mass is 32.2. The van der Waals surface area contributed by atoms with Gasteiger partial charge in [0.25, 0.3) is 0 Å². The van der Waals surface area contributed by atoms with Gasteiger partial charge in [-0.2, -0.15) is 17.0 Å². The van der Waals surface area contributed by atoms with E-state index in [4.69, 9.17) is 5.11 Å². The second-order valence-electron chi connectivity index (χ2n) is 2.84. The van der Waals surface area contributed by atoms with Gasteiger partial charge in [0.1, 0.15) is 13.2 Å². The lowest BCUT2D eigenvalue weighted by atomic mass is 10.7. The highest BCUT2D eigenvalue weighted by Crippen LogP contribution is 2.12. The molecule has 9 heteroatoms. The number of amides is 1. The number of hydrogen-bond acceptors (Lipinski definition) is 5. The van der Waals surface area contributed by atoms with E-state index in [9.17, 15) is 18.0 Å². The molecule has 86 valence electrons. The SMILES string of the molecule is CN(CC(=O)O)S(=O)(=O)N1CCOC1=O. The average Bonchev–Trinajstić information content (AvgIpc) is 2.50. The van der Waals surface area contributed by atoms with Crippen molar-refractivity contribution in [2.45, 2.75) is 0 Å². The number of carboxylic acid groups (broad SMARTS) is 1. The molecule has 1 fully saturated rings. The Balaban J connectivity index is 2.82. The number of aliphatic carboxylic acids is 1. The quantitative estimate of drug-likeness (QED) is 0.652. The van der Waals surface area contributed by atoms with Gasteiger partial charge < -0.3 is 9.84 Å². The molecule has 0 aromatic rings. The first-order valence-electron chi connectivity index (χ1n) is 3.98. The lowest BCUT2D eigenvalue weighted by Gasteiger charge is -2.20. The molecule has 0 aromatic carbocycles. The fourth-order valence-corrected chi connectivity index (χ4v) is 2.19. The molecule has 0 spiro atoms. The van der Waals surface area contributed by atoms with Gasteiger partial charge in [0.2, 0.25) is 0 Å². The molecule has 1 N–H and O–H groups in total. The Labute approximate surface area is 86.2 Å². The summed E-state index contributed by atoms with van der Waals surface area (Å²) in [5, 5.41) is 8.42. The van der Waals surface area contributed by atoms with Crippen LogP contribution in [0.15, 0.2) is 0 Å². The van der Waals surface area contributed by atoms with Gasteiger partial charge in [0, 0.05) is 7.05 Å². The van der Waals surface area contributed by atoms with Crippen LogP contribution in [0, 0.1) is 0 Å². The molecule has 1 aliphatic rings. The number of hydrogen-bond donors (Lipinski definition) is 1. The Kier molecular flexibility index (Phi) is 3.15. The zero-order valence-corrected chi connectivity index (χ0v) is 8.73. The average molecular weight is 238 g/mol. The van der Waals surface area contributed by atoms with Gasteiger partial charge in [-0.1, -0.05) is 0 Å². The van der Waals surface area contributed by atoms with E-state index in [0.717, 1.165) is 7.05 Å². The van der Waals surface area contributed by atoms with E-state index >= 15 is 0 Å². The number of carbonyl (C=O) groups is 2. The molecule has 1 aliphatic heterocycles. The predicted octanol–water partition coefficient (Wildman–Crippen LogP) is -1.30. The molecule has 1 rings (SSSR count). The van der Waals surface area contributed by atoms with Gasteiger partial charge in [-0.05, 0) is 0 Å². The Hall–Kier alpha value is -1.35. The largest absolute Gasteiger partial charge is 0.480 e. The Morgan fingerprint density at radius 1 is 1.67 bits per heavy atom. The first-order chi connectivity index (χ1) is 6.85. The molecular formula is C6H10N2O6S. The molecule has 8 nitrogen and oxygen atoms in total. The first kappa shape index (κ1) is 11.7. The minimum Gasteiger partial charge on any atom is -0.480 e. The third-order valence-corrected chi connectivity index (χ3v) is 3.56. The lowest BCUT2D eigenvalue weighted by molar-refractivity contribution is -0.137. The second-order valence-corrected chi connectivity index (χ2v) is 4.80. The molecule has 0 aliphatic carbocycles. The van der Waals surface area contributed by atoms with E-state index in [-0.39, 0.29) is 13.2 Å². The minimum absolute atomic E-state index is 0.0149. The van der Waals surface area contributed by atoms with Crippen LogP contribution in [-0.4, -0.2) is 60.9 Å². The molecular weight excluding hydrogens is 228 g/mol. The van der Waals surface area contributed by atoms with Crippen LogP contribution in [0.2, 0.25) is 0 Å². The molecule has 0 saturated carbocycles. The Morgan fingerprint density at radius 2 is 2.27 bits per heavy atom. The highest BCUT2D eigenvalue weighted by Gasteiger charge is 2.36. The van der Waals surface area contributed by atoms with Crippen LogP contribution in [0.5, 0.6) is 0 Å². The van der Waals surface area contributed by atoms with E-state index in [1.54, 1.807) is 0 Å². The maximum Gasteiger partial charge on any atom is 0.424 e. The summed E-state index contributed by atoms with van der Waals surface area (Å²) in [4.78, 5) is 21.3. The third-order valence-electron chi connectivity index (χ3n) is 1.75. The molecule has 0 bridgehead atoms. The smallest absolute Gasteiger partial charge is 0.424 e. The standard InChI is InChI=1S/C6H10N2O6S/c1-7(4-5(9)10)15(12,13)8-2-3-14-6(8)11/h2-4H2,1H3,(H,9,10). The molecule has 0 aromatic heterocycles. The number of carbonyl (C=O) groups excluding carboxylic acids is 1. The maximum absolute atomic E-state index is 11.6. The fourth-order valence-electron chi connectivity index (χ4n) is 1.03. The zero-order chi connectivity index (χ0) is 11.6. The van der Waals surface area contributed by atoms with Crippen LogP contribution in [-0.2, 0) is 19.7 Å². The third kappa shape index (κ3) is 2.36. The van der Waals surface area contributed by atoms with Gasteiger partial charge in [0.05, 0.1) is 6.54 Å². The van der Waals surface area contributed by atoms with E-state index < -0.39 is 28.8 Å². The second kappa shape index (κ2) is 4.03. The van der Waals surface area contributed by atoms with Crippen molar-refractivity contribution in [3.05, 3.63) is 0 Å². The van der Waals surface area contributed by atoms with Crippen LogP contribution in [0.4, 0.5) is 4.79 Å². The van der Waals surface area contributed by atoms with Crippen molar-refractivity contribution in [1.29, 1.82) is 0 Å². The summed E-state index contributed by atoms with van der Waals surface area (Å²) in [6.45, 7) is -0.809. The Bertz CT molecular complexity index is 377. The van der Waals surface area contributed by atoms with Crippen molar-refractivity contribution >= 4 is 22.3 Å². The van der Waals surface area contributed by atoms with Crippen LogP contribution in [0.3, 0.4) is 0 Å². The molecule has 15 heavy (non-hydrogen) atoms. The van der Waals surface area contributed by atoms with Crippen molar-refractivity contribution in [3.8, 4) is 0 Å². The number of ether oxygens (including phenoxy) is 1. The van der Waals surface area contributed by atoms with Gasteiger partial charge >= 0.3 is 22.3 Å². The molecule has 1 saturated heterocycles. The number of rotatable bonds is 4. The number of carboxylic acids is 1. The van der Waals surface area contributed by atoms with Gasteiger partial charge in [-0.15, -0.1) is 0 Å². The van der Waals surface area contributed by atoms with Crippen molar-refractivity contribution in [2.24, 2.45) is 0 Å². The molecule has 0 unspecified atom stereocenters. The van der Waals surface area contributed by atoms with Crippen LogP contribution < -0.4 is 0 Å². The summed E-state index contributed by atoms with van der Waals surface area (Å²) < 4.78 is 28.6. The number of likely N-dealkylation sites (N-methyl/N-ethyl adjacent to an activating group) is 1. The normalized spacial score (nSPS) is 16.9. The van der Waals surface area contributed by atoms with Crippen molar-refractivity contribution in [2.75, 3.05) is 26.7 Å². The molecule has 1 heterocycles. The highest BCUT2D eigenvalue weighted by molar-refractivity contribution is 7.87.